The van der Waals surface area contributed by atoms with Crippen molar-refractivity contribution in [3.8, 4) is 24.2 Å². The first-order chi connectivity index (χ1) is 14.1. The number of terminal acetylenes is 1. The van der Waals surface area contributed by atoms with Gasteiger partial charge in [-0.25, -0.2) is 0 Å². The molecule has 1 amide bonds. The first-order valence-corrected chi connectivity index (χ1v) is 9.98. The summed E-state index contributed by atoms with van der Waals surface area (Å²) in [6.07, 6.45) is 6.80. The van der Waals surface area contributed by atoms with Crippen molar-refractivity contribution in [2.75, 3.05) is 37.7 Å². The van der Waals surface area contributed by atoms with Crippen molar-refractivity contribution in [2.45, 2.75) is 0 Å². The molecule has 0 atom stereocenters. The molecule has 1 saturated heterocycles. The fourth-order valence-electron chi connectivity index (χ4n) is 3.13. The Morgan fingerprint density at radius 3 is 2.52 bits per heavy atom. The zero-order valence-electron chi connectivity index (χ0n) is 15.8. The van der Waals surface area contributed by atoms with E-state index in [1.54, 1.807) is 29.2 Å². The van der Waals surface area contributed by atoms with Gasteiger partial charge in [-0.3, -0.25) is 4.79 Å². The predicted molar refractivity (Wildman–Crippen MR) is 117 cm³/mol. The van der Waals surface area contributed by atoms with Crippen LogP contribution in [0.25, 0.3) is 6.08 Å². The molecule has 3 rings (SSSR count). The van der Waals surface area contributed by atoms with E-state index in [-0.39, 0.29) is 18.1 Å². The fourth-order valence-corrected chi connectivity index (χ4v) is 3.64. The Morgan fingerprint density at radius 1 is 1.17 bits per heavy atom. The van der Waals surface area contributed by atoms with E-state index in [1.165, 1.54) is 0 Å². The Morgan fingerprint density at radius 2 is 1.90 bits per heavy atom. The van der Waals surface area contributed by atoms with Gasteiger partial charge in [0.1, 0.15) is 24.0 Å². The molecule has 0 saturated carbocycles. The molecule has 1 aliphatic heterocycles. The van der Waals surface area contributed by atoms with Gasteiger partial charge in [0.15, 0.2) is 0 Å². The van der Waals surface area contributed by atoms with Crippen LogP contribution in [0.1, 0.15) is 5.56 Å². The van der Waals surface area contributed by atoms with Crippen LogP contribution in [0, 0.1) is 23.7 Å². The molecule has 0 radical (unpaired) electrons. The number of nitrogens with zero attached hydrogens (tertiary/aromatic N) is 3. The molecular formula is C23H20BrN3O2. The van der Waals surface area contributed by atoms with Crippen LogP contribution in [0.4, 0.5) is 5.69 Å². The van der Waals surface area contributed by atoms with E-state index in [9.17, 15) is 10.1 Å². The van der Waals surface area contributed by atoms with Crippen LogP contribution in [0.3, 0.4) is 0 Å². The van der Waals surface area contributed by atoms with Crippen LogP contribution in [0.2, 0.25) is 0 Å². The molecule has 0 unspecified atom stereocenters. The van der Waals surface area contributed by atoms with E-state index in [1.807, 2.05) is 24.3 Å². The zero-order valence-corrected chi connectivity index (χ0v) is 17.4. The summed E-state index contributed by atoms with van der Waals surface area (Å²) in [5.41, 5.74) is 1.99. The van der Waals surface area contributed by atoms with E-state index >= 15 is 0 Å². The van der Waals surface area contributed by atoms with Crippen LogP contribution in [0.5, 0.6) is 5.75 Å². The normalized spacial score (nSPS) is 14.1. The predicted octanol–water partition coefficient (Wildman–Crippen LogP) is 3.72. The van der Waals surface area contributed by atoms with Crippen LogP contribution >= 0.6 is 15.9 Å². The second kappa shape index (κ2) is 9.82. The highest BCUT2D eigenvalue weighted by molar-refractivity contribution is 9.10. The fraction of sp³-hybridized carbons (Fsp3) is 0.217. The lowest BCUT2D eigenvalue weighted by atomic mass is 10.1. The van der Waals surface area contributed by atoms with Crippen molar-refractivity contribution >= 4 is 33.6 Å². The summed E-state index contributed by atoms with van der Waals surface area (Å²) in [5.74, 6) is 2.78. The Labute approximate surface area is 179 Å². The van der Waals surface area contributed by atoms with Crippen molar-refractivity contribution in [3.05, 3.63) is 64.1 Å². The Hall–Kier alpha value is -3.22. The lowest BCUT2D eigenvalue weighted by molar-refractivity contribution is -0.126. The Kier molecular flexibility index (Phi) is 6.94. The zero-order chi connectivity index (χ0) is 20.6. The van der Waals surface area contributed by atoms with Crippen LogP contribution in [0.15, 0.2) is 58.6 Å². The number of ether oxygens (including phenoxy) is 1. The maximum absolute atomic E-state index is 12.8. The van der Waals surface area contributed by atoms with Crippen molar-refractivity contribution in [3.63, 3.8) is 0 Å². The van der Waals surface area contributed by atoms with E-state index in [0.29, 0.717) is 23.3 Å². The van der Waals surface area contributed by atoms with Crippen LogP contribution < -0.4 is 9.64 Å². The van der Waals surface area contributed by atoms with Gasteiger partial charge in [-0.15, -0.1) is 6.42 Å². The summed E-state index contributed by atoms with van der Waals surface area (Å²) in [6.45, 7) is 2.80. The number of halogens is 1. The number of amides is 1. The molecule has 1 fully saturated rings. The highest BCUT2D eigenvalue weighted by Crippen LogP contribution is 2.27. The van der Waals surface area contributed by atoms with Crippen LogP contribution in [-0.2, 0) is 4.79 Å². The number of rotatable bonds is 5. The molecule has 1 heterocycles. The SMILES string of the molecule is C#CCOc1ccc(/C=C(\C#N)C(=O)N2CCN(c3ccccc3)CC2)cc1Br. The first-order valence-electron chi connectivity index (χ1n) is 9.19. The van der Waals surface area contributed by atoms with E-state index in [4.69, 9.17) is 11.2 Å². The number of piperazine rings is 1. The first kappa shape index (κ1) is 20.5. The molecule has 0 N–H and O–H groups in total. The maximum atomic E-state index is 12.8. The quantitative estimate of drug-likeness (QED) is 0.396. The molecule has 0 aliphatic carbocycles. The number of carbonyl (C=O) groups is 1. The second-order valence-corrected chi connectivity index (χ2v) is 7.32. The Bertz CT molecular complexity index is 981. The smallest absolute Gasteiger partial charge is 0.264 e. The number of carbonyl (C=O) groups excluding carboxylic acids is 1. The summed E-state index contributed by atoms with van der Waals surface area (Å²) in [5, 5.41) is 9.52. The molecule has 2 aromatic carbocycles. The molecule has 2 aromatic rings. The third kappa shape index (κ3) is 5.19. The van der Waals surface area contributed by atoms with Gasteiger partial charge >= 0.3 is 0 Å². The highest BCUT2D eigenvalue weighted by atomic mass is 79.9. The maximum Gasteiger partial charge on any atom is 0.264 e. The van der Waals surface area contributed by atoms with E-state index < -0.39 is 0 Å². The van der Waals surface area contributed by atoms with Gasteiger partial charge in [-0.1, -0.05) is 30.2 Å². The number of hydrogen-bond acceptors (Lipinski definition) is 4. The number of para-hydroxylation sites is 1. The van der Waals surface area contributed by atoms with Crippen LogP contribution in [-0.4, -0.2) is 43.6 Å². The minimum atomic E-state index is -0.246. The highest BCUT2D eigenvalue weighted by Gasteiger charge is 2.23. The minimum absolute atomic E-state index is 0.113. The molecule has 0 aromatic heterocycles. The summed E-state index contributed by atoms with van der Waals surface area (Å²) in [4.78, 5) is 16.8. The van der Waals surface area contributed by atoms with Gasteiger partial charge in [0.25, 0.3) is 5.91 Å². The topological polar surface area (TPSA) is 56.6 Å². The lowest BCUT2D eigenvalue weighted by Gasteiger charge is -2.36. The van der Waals surface area contributed by atoms with Gasteiger partial charge in [-0.05, 0) is 51.8 Å². The molecule has 6 heteroatoms. The monoisotopic (exact) mass is 449 g/mol. The summed E-state index contributed by atoms with van der Waals surface area (Å²) < 4.78 is 6.12. The molecule has 5 nitrogen and oxygen atoms in total. The number of benzene rings is 2. The molecule has 0 spiro atoms. The van der Waals surface area contributed by atoms with Gasteiger partial charge in [0.05, 0.1) is 4.47 Å². The minimum Gasteiger partial charge on any atom is -0.480 e. The molecule has 29 heavy (non-hydrogen) atoms. The Balaban J connectivity index is 1.67. The average Bonchev–Trinajstić information content (AvgIpc) is 2.77. The standard InChI is InChI=1S/C23H20BrN3O2/c1-2-14-29-22-9-8-18(16-21(22)24)15-19(17-25)23(28)27-12-10-26(11-13-27)20-6-4-3-5-7-20/h1,3-9,15-16H,10-14H2/b19-15+. The van der Waals surface area contributed by atoms with Gasteiger partial charge < -0.3 is 14.5 Å². The second-order valence-electron chi connectivity index (χ2n) is 6.47. The van der Waals surface area contributed by atoms with Crippen molar-refractivity contribution in [1.29, 1.82) is 5.26 Å². The largest absolute Gasteiger partial charge is 0.480 e. The van der Waals surface area contributed by atoms with Crippen molar-refractivity contribution < 1.29 is 9.53 Å². The summed E-state index contributed by atoms with van der Waals surface area (Å²) in [7, 11) is 0. The number of anilines is 1. The lowest BCUT2D eigenvalue weighted by Crippen LogP contribution is -2.49. The average molecular weight is 450 g/mol. The van der Waals surface area contributed by atoms with Crippen molar-refractivity contribution in [1.82, 2.24) is 4.90 Å². The van der Waals surface area contributed by atoms with Gasteiger partial charge in [0, 0.05) is 31.9 Å². The molecular weight excluding hydrogens is 430 g/mol. The molecule has 146 valence electrons. The van der Waals surface area contributed by atoms with Crippen molar-refractivity contribution in [2.24, 2.45) is 0 Å². The summed E-state index contributed by atoms with van der Waals surface area (Å²) >= 11 is 3.42. The third-order valence-electron chi connectivity index (χ3n) is 4.62. The van der Waals surface area contributed by atoms with Gasteiger partial charge in [-0.2, -0.15) is 5.26 Å². The van der Waals surface area contributed by atoms with Gasteiger partial charge in [0.2, 0.25) is 0 Å². The summed E-state index contributed by atoms with van der Waals surface area (Å²) in [6, 6.07) is 17.5. The molecule has 0 bridgehead atoms. The number of nitriles is 1. The third-order valence-corrected chi connectivity index (χ3v) is 5.24. The van der Waals surface area contributed by atoms with E-state index in [2.05, 4.69) is 38.9 Å². The number of hydrogen-bond donors (Lipinski definition) is 0. The van der Waals surface area contributed by atoms with E-state index in [0.717, 1.165) is 24.3 Å². The molecule has 1 aliphatic rings.